The molecule has 2 saturated heterocycles. The van der Waals surface area contributed by atoms with E-state index in [9.17, 15) is 9.18 Å². The average molecular weight is 458 g/mol. The summed E-state index contributed by atoms with van der Waals surface area (Å²) in [5.74, 6) is 0.280. The van der Waals surface area contributed by atoms with Gasteiger partial charge in [0.1, 0.15) is 6.17 Å². The summed E-state index contributed by atoms with van der Waals surface area (Å²) < 4.78 is 22.2. The lowest BCUT2D eigenvalue weighted by atomic mass is 10.0. The first-order valence-corrected chi connectivity index (χ1v) is 12.0. The molecule has 0 aliphatic carbocycles. The molecule has 33 heavy (non-hydrogen) atoms. The highest BCUT2D eigenvalue weighted by atomic mass is 19.1. The molecule has 2 aromatic rings. The number of carbonyl (C=O) groups is 1. The fourth-order valence-corrected chi connectivity index (χ4v) is 4.80. The summed E-state index contributed by atoms with van der Waals surface area (Å²) >= 11 is 0. The maximum Gasteiger partial charge on any atom is 0.246 e. The molecule has 0 radical (unpaired) electrons. The molecule has 2 fully saturated rings. The number of rotatable bonds is 7. The second-order valence-corrected chi connectivity index (χ2v) is 9.53. The maximum absolute atomic E-state index is 14.2. The second kappa shape index (κ2) is 10.2. The first-order chi connectivity index (χ1) is 15.9. The number of morpholine rings is 1. The Morgan fingerprint density at radius 2 is 2.09 bits per heavy atom. The van der Waals surface area contributed by atoms with Crippen LogP contribution in [-0.2, 0) is 9.53 Å². The normalized spacial score (nSPS) is 21.5. The van der Waals surface area contributed by atoms with Crippen LogP contribution in [0.4, 0.5) is 10.1 Å². The summed E-state index contributed by atoms with van der Waals surface area (Å²) in [6, 6.07) is 2.21. The van der Waals surface area contributed by atoms with Crippen LogP contribution < -0.4 is 5.32 Å². The van der Waals surface area contributed by atoms with E-state index >= 15 is 0 Å². The lowest BCUT2D eigenvalue weighted by molar-refractivity contribution is -0.134. The monoisotopic (exact) mass is 457 g/mol. The van der Waals surface area contributed by atoms with E-state index in [-0.39, 0.29) is 12.0 Å². The van der Waals surface area contributed by atoms with Crippen molar-refractivity contribution in [2.24, 2.45) is 0 Å². The van der Waals surface area contributed by atoms with Gasteiger partial charge in [-0.2, -0.15) is 0 Å². The van der Waals surface area contributed by atoms with E-state index in [1.165, 1.54) is 6.08 Å². The lowest BCUT2D eigenvalue weighted by Gasteiger charge is -2.38. The van der Waals surface area contributed by atoms with Crippen molar-refractivity contribution in [3.8, 4) is 0 Å². The third kappa shape index (κ3) is 5.38. The van der Waals surface area contributed by atoms with E-state index < -0.39 is 6.17 Å². The Kier molecular flexibility index (Phi) is 7.34. The van der Waals surface area contributed by atoms with Crippen molar-refractivity contribution >= 4 is 17.2 Å². The lowest BCUT2D eigenvalue weighted by Crippen LogP contribution is -2.51. The molecule has 7 nitrogen and oxygen atoms in total. The number of anilines is 1. The van der Waals surface area contributed by atoms with E-state index in [0.717, 1.165) is 49.5 Å². The van der Waals surface area contributed by atoms with Crippen LogP contribution in [0.2, 0.25) is 0 Å². The molecule has 0 bridgehead atoms. The standard InChI is InChI=1S/C25H36FN5O2/c1-5-24(32)30-10-11-33-21(16-30)15-29-8-6-20(7-9-29)28-22-12-19(18(4)26)14-31-23(17(2)3)13-27-25(22)31/h5,12-14,17-18,20-21,28H,1,6-11,15-16H2,2-4H3. The first kappa shape index (κ1) is 23.7. The third-order valence-electron chi connectivity index (χ3n) is 6.74. The van der Waals surface area contributed by atoms with E-state index in [0.29, 0.717) is 37.2 Å². The summed E-state index contributed by atoms with van der Waals surface area (Å²) in [6.07, 6.45) is 6.12. The van der Waals surface area contributed by atoms with Gasteiger partial charge in [0.2, 0.25) is 5.91 Å². The molecule has 8 heteroatoms. The number of hydrogen-bond donors (Lipinski definition) is 1. The molecule has 4 rings (SSSR count). The van der Waals surface area contributed by atoms with Crippen molar-refractivity contribution < 1.29 is 13.9 Å². The second-order valence-electron chi connectivity index (χ2n) is 9.53. The minimum Gasteiger partial charge on any atom is -0.379 e. The number of imidazole rings is 1. The van der Waals surface area contributed by atoms with Gasteiger partial charge in [-0.3, -0.25) is 4.79 Å². The zero-order valence-electron chi connectivity index (χ0n) is 20.0. The Morgan fingerprint density at radius 1 is 1.33 bits per heavy atom. The van der Waals surface area contributed by atoms with Crippen molar-refractivity contribution in [3.05, 3.63) is 42.4 Å². The Labute approximate surface area is 195 Å². The molecule has 0 spiro atoms. The highest BCUT2D eigenvalue weighted by Crippen LogP contribution is 2.29. The van der Waals surface area contributed by atoms with Crippen molar-refractivity contribution in [1.29, 1.82) is 0 Å². The van der Waals surface area contributed by atoms with Gasteiger partial charge < -0.3 is 24.3 Å². The van der Waals surface area contributed by atoms with Crippen LogP contribution >= 0.6 is 0 Å². The largest absolute Gasteiger partial charge is 0.379 e. The number of ether oxygens (including phenoxy) is 1. The Balaban J connectivity index is 1.38. The summed E-state index contributed by atoms with van der Waals surface area (Å²) in [4.78, 5) is 20.8. The topological polar surface area (TPSA) is 62.1 Å². The molecule has 0 aromatic carbocycles. The van der Waals surface area contributed by atoms with Crippen LogP contribution in [0.3, 0.4) is 0 Å². The van der Waals surface area contributed by atoms with Crippen molar-refractivity contribution in [2.45, 2.75) is 57.8 Å². The summed E-state index contributed by atoms with van der Waals surface area (Å²) in [5.41, 5.74) is 3.50. The molecular formula is C25H36FN5O2. The molecule has 2 atom stereocenters. The van der Waals surface area contributed by atoms with E-state index in [2.05, 4.69) is 35.6 Å². The van der Waals surface area contributed by atoms with Crippen LogP contribution in [0.25, 0.3) is 5.65 Å². The minimum absolute atomic E-state index is 0.0260. The fraction of sp³-hybridized carbons (Fsp3) is 0.600. The fourth-order valence-electron chi connectivity index (χ4n) is 4.80. The van der Waals surface area contributed by atoms with E-state index in [1.807, 2.05) is 27.8 Å². The molecule has 1 N–H and O–H groups in total. The third-order valence-corrected chi connectivity index (χ3v) is 6.74. The first-order valence-electron chi connectivity index (χ1n) is 12.0. The maximum atomic E-state index is 14.2. The number of amides is 1. The summed E-state index contributed by atoms with van der Waals surface area (Å²) in [7, 11) is 0. The van der Waals surface area contributed by atoms with Crippen LogP contribution in [0.15, 0.2) is 31.1 Å². The average Bonchev–Trinajstić information content (AvgIpc) is 3.25. The van der Waals surface area contributed by atoms with E-state index in [4.69, 9.17) is 4.74 Å². The number of halogens is 1. The molecule has 180 valence electrons. The van der Waals surface area contributed by atoms with Gasteiger partial charge >= 0.3 is 0 Å². The molecule has 1 amide bonds. The van der Waals surface area contributed by atoms with Crippen LogP contribution in [0.1, 0.15) is 57.0 Å². The van der Waals surface area contributed by atoms with Crippen LogP contribution in [0.5, 0.6) is 0 Å². The van der Waals surface area contributed by atoms with E-state index in [1.54, 1.807) is 6.92 Å². The Morgan fingerprint density at radius 3 is 2.76 bits per heavy atom. The number of alkyl halides is 1. The highest BCUT2D eigenvalue weighted by Gasteiger charge is 2.27. The number of pyridine rings is 1. The van der Waals surface area contributed by atoms with Gasteiger partial charge in [-0.05, 0) is 37.8 Å². The van der Waals surface area contributed by atoms with Gasteiger partial charge in [-0.25, -0.2) is 9.37 Å². The molecule has 4 heterocycles. The number of piperidine rings is 1. The van der Waals surface area contributed by atoms with Crippen molar-refractivity contribution in [2.75, 3.05) is 44.6 Å². The molecule has 2 aromatic heterocycles. The quantitative estimate of drug-likeness (QED) is 0.641. The number of aromatic nitrogens is 2. The predicted molar refractivity (Wildman–Crippen MR) is 128 cm³/mol. The van der Waals surface area contributed by atoms with Crippen LogP contribution in [-0.4, -0.2) is 76.6 Å². The molecule has 2 unspecified atom stereocenters. The van der Waals surface area contributed by atoms with Gasteiger partial charge in [0.25, 0.3) is 0 Å². The minimum atomic E-state index is -1.04. The number of nitrogens with zero attached hydrogens (tertiary/aromatic N) is 4. The summed E-state index contributed by atoms with van der Waals surface area (Å²) in [6.45, 7) is 14.0. The Hall–Kier alpha value is -2.45. The number of fused-ring (bicyclic) bond motifs is 1. The SMILES string of the molecule is C=CC(=O)N1CCOC(CN2CCC(Nc3cc(C(C)F)cn4c(C(C)C)cnc34)CC2)C1. The van der Waals surface area contributed by atoms with Crippen LogP contribution in [0, 0.1) is 0 Å². The van der Waals surface area contributed by atoms with Gasteiger partial charge in [0.05, 0.1) is 18.4 Å². The van der Waals surface area contributed by atoms with Gasteiger partial charge in [-0.15, -0.1) is 0 Å². The van der Waals surface area contributed by atoms with Gasteiger partial charge in [0.15, 0.2) is 5.65 Å². The predicted octanol–water partition coefficient (Wildman–Crippen LogP) is 3.78. The number of nitrogens with one attached hydrogen (secondary N) is 1. The smallest absolute Gasteiger partial charge is 0.246 e. The zero-order chi connectivity index (χ0) is 23.5. The summed E-state index contributed by atoms with van der Waals surface area (Å²) in [5, 5.41) is 3.65. The van der Waals surface area contributed by atoms with Gasteiger partial charge in [0, 0.05) is 62.4 Å². The zero-order valence-corrected chi connectivity index (χ0v) is 20.0. The Bertz CT molecular complexity index is 981. The number of hydrogen-bond acceptors (Lipinski definition) is 5. The molecule has 2 aliphatic heterocycles. The van der Waals surface area contributed by atoms with Crippen molar-refractivity contribution in [3.63, 3.8) is 0 Å². The van der Waals surface area contributed by atoms with Gasteiger partial charge in [-0.1, -0.05) is 20.4 Å². The number of likely N-dealkylation sites (tertiary alicyclic amines) is 1. The highest BCUT2D eigenvalue weighted by molar-refractivity contribution is 5.87. The van der Waals surface area contributed by atoms with Crippen molar-refractivity contribution in [1.82, 2.24) is 19.2 Å². The molecule has 0 saturated carbocycles. The number of carbonyl (C=O) groups excluding carboxylic acids is 1. The molecular weight excluding hydrogens is 421 g/mol. The molecule has 2 aliphatic rings.